The van der Waals surface area contributed by atoms with Gasteiger partial charge in [-0.3, -0.25) is 15.1 Å². The van der Waals surface area contributed by atoms with Crippen molar-refractivity contribution in [3.8, 4) is 6.07 Å². The summed E-state index contributed by atoms with van der Waals surface area (Å²) in [5.41, 5.74) is 5.45. The summed E-state index contributed by atoms with van der Waals surface area (Å²) < 4.78 is 0. The molecule has 0 aliphatic carbocycles. The molecule has 4 N–H and O–H groups in total. The van der Waals surface area contributed by atoms with Gasteiger partial charge in [-0.2, -0.15) is 5.26 Å². The Balaban J connectivity index is 1.61. The molecule has 0 bridgehead atoms. The average molecular weight is 511 g/mol. The van der Waals surface area contributed by atoms with E-state index in [0.717, 1.165) is 16.8 Å². The van der Waals surface area contributed by atoms with Crippen molar-refractivity contribution in [2.75, 3.05) is 17.2 Å². The van der Waals surface area contributed by atoms with Crippen molar-refractivity contribution in [1.29, 1.82) is 5.26 Å². The third-order valence-electron chi connectivity index (χ3n) is 6.15. The largest absolute Gasteiger partial charge is 0.394 e. The molecule has 0 radical (unpaired) electrons. The third kappa shape index (κ3) is 4.93. The molecule has 10 heteroatoms. The molecule has 2 aromatic carbocycles. The summed E-state index contributed by atoms with van der Waals surface area (Å²) >= 11 is 6.69. The Morgan fingerprint density at radius 1 is 1.11 bits per heavy atom. The van der Waals surface area contributed by atoms with E-state index in [9.17, 15) is 10.4 Å². The quantitative estimate of drug-likeness (QED) is 0.231. The van der Waals surface area contributed by atoms with E-state index >= 15 is 0 Å². The Morgan fingerprint density at radius 2 is 1.95 bits per heavy atom. The Morgan fingerprint density at radius 3 is 2.65 bits per heavy atom. The number of nitrogens with zero attached hydrogens (tertiary/aromatic N) is 5. The molecule has 0 fully saturated rings. The van der Waals surface area contributed by atoms with Gasteiger partial charge in [0.25, 0.3) is 0 Å². The van der Waals surface area contributed by atoms with Crippen LogP contribution in [0.25, 0.3) is 10.9 Å². The number of pyridine rings is 2. The Kier molecular flexibility index (Phi) is 6.94. The summed E-state index contributed by atoms with van der Waals surface area (Å²) in [5.74, 6) is 0. The summed E-state index contributed by atoms with van der Waals surface area (Å²) in [5, 5.41) is 38.8. The van der Waals surface area contributed by atoms with Crippen molar-refractivity contribution < 1.29 is 5.11 Å². The molecular weight excluding hydrogens is 488 g/mol. The van der Waals surface area contributed by atoms with E-state index in [-0.39, 0.29) is 12.6 Å². The molecule has 3 heterocycles. The van der Waals surface area contributed by atoms with Gasteiger partial charge in [0.2, 0.25) is 0 Å². The minimum Gasteiger partial charge on any atom is -0.394 e. The summed E-state index contributed by atoms with van der Waals surface area (Å²) in [6.07, 6.45) is 4.95. The van der Waals surface area contributed by atoms with Crippen LogP contribution in [0.2, 0.25) is 5.02 Å². The number of aromatic amines is 1. The molecule has 184 valence electrons. The van der Waals surface area contributed by atoms with Crippen molar-refractivity contribution in [2.45, 2.75) is 19.0 Å². The van der Waals surface area contributed by atoms with Crippen LogP contribution in [0.5, 0.6) is 0 Å². The molecule has 9 nitrogen and oxygen atoms in total. The van der Waals surface area contributed by atoms with E-state index in [4.69, 9.17) is 11.6 Å². The highest BCUT2D eigenvalue weighted by molar-refractivity contribution is 6.35. The van der Waals surface area contributed by atoms with Crippen LogP contribution < -0.4 is 10.6 Å². The number of benzene rings is 2. The van der Waals surface area contributed by atoms with Gasteiger partial charge in [0.1, 0.15) is 11.8 Å². The SMILES string of the molecule is Cc1ncccc1[C@H](Nc1cc(Cl)c2ncc(C#N)c(N[C@H](CO)c3ccccc3)c2c1)c1c[nH]nn1. The lowest BCUT2D eigenvalue weighted by molar-refractivity contribution is 0.276. The zero-order valence-corrected chi connectivity index (χ0v) is 20.6. The fourth-order valence-electron chi connectivity index (χ4n) is 4.31. The van der Waals surface area contributed by atoms with Crippen LogP contribution in [0, 0.1) is 18.3 Å². The zero-order valence-electron chi connectivity index (χ0n) is 19.9. The molecule has 3 aromatic heterocycles. The monoisotopic (exact) mass is 510 g/mol. The maximum atomic E-state index is 10.1. The lowest BCUT2D eigenvalue weighted by atomic mass is 10.0. The minimum atomic E-state index is -0.435. The summed E-state index contributed by atoms with van der Waals surface area (Å²) in [6, 6.07) is 18.5. The normalized spacial score (nSPS) is 12.6. The number of nitriles is 1. The molecule has 37 heavy (non-hydrogen) atoms. The standard InChI is InChI=1S/C27H23ClN8O/c1-16-20(8-5-9-30-16)27(23-14-32-36-35-23)33-19-10-21-25(18(12-29)13-31-26(21)22(28)11-19)34-24(15-37)17-6-3-2-4-7-17/h2-11,13-14,24,27,33,37H,15H2,1H3,(H,31,34)(H,32,35,36)/t24-,27+/m1/s1. The predicted octanol–water partition coefficient (Wildman–Crippen LogP) is 4.93. The van der Waals surface area contributed by atoms with Crippen LogP contribution in [0.4, 0.5) is 11.4 Å². The molecule has 0 saturated heterocycles. The Bertz CT molecular complexity index is 1570. The third-order valence-corrected chi connectivity index (χ3v) is 6.44. The van der Waals surface area contributed by atoms with Crippen molar-refractivity contribution in [2.24, 2.45) is 0 Å². The first-order chi connectivity index (χ1) is 18.1. The Hall–Kier alpha value is -4.52. The van der Waals surface area contributed by atoms with Gasteiger partial charge in [-0.05, 0) is 30.7 Å². The topological polar surface area (TPSA) is 135 Å². The van der Waals surface area contributed by atoms with E-state index < -0.39 is 6.04 Å². The number of aliphatic hydroxyl groups excluding tert-OH is 1. The van der Waals surface area contributed by atoms with E-state index in [2.05, 4.69) is 42.1 Å². The maximum Gasteiger partial charge on any atom is 0.109 e. The van der Waals surface area contributed by atoms with Crippen LogP contribution >= 0.6 is 11.6 Å². The molecule has 5 rings (SSSR count). The van der Waals surface area contributed by atoms with Crippen LogP contribution in [0.3, 0.4) is 0 Å². The van der Waals surface area contributed by atoms with Gasteiger partial charge < -0.3 is 15.7 Å². The van der Waals surface area contributed by atoms with E-state index in [1.165, 1.54) is 6.20 Å². The molecular formula is C27H23ClN8O. The van der Waals surface area contributed by atoms with Crippen molar-refractivity contribution in [3.63, 3.8) is 0 Å². The first-order valence-corrected chi connectivity index (χ1v) is 12.0. The molecule has 0 amide bonds. The average Bonchev–Trinajstić information content (AvgIpc) is 3.46. The lowest BCUT2D eigenvalue weighted by Crippen LogP contribution is -2.16. The number of aliphatic hydroxyl groups is 1. The van der Waals surface area contributed by atoms with Crippen LogP contribution in [-0.4, -0.2) is 37.1 Å². The number of halogens is 1. The highest BCUT2D eigenvalue weighted by Gasteiger charge is 2.22. The summed E-state index contributed by atoms with van der Waals surface area (Å²) in [6.45, 7) is 1.76. The minimum absolute atomic E-state index is 0.168. The first kappa shape index (κ1) is 24.2. The zero-order chi connectivity index (χ0) is 25.8. The van der Waals surface area contributed by atoms with Crippen molar-refractivity contribution in [3.05, 3.63) is 106 Å². The number of aromatic nitrogens is 5. The van der Waals surface area contributed by atoms with Crippen molar-refractivity contribution in [1.82, 2.24) is 25.4 Å². The van der Waals surface area contributed by atoms with Gasteiger partial charge in [0.15, 0.2) is 0 Å². The first-order valence-electron chi connectivity index (χ1n) is 11.6. The predicted molar refractivity (Wildman–Crippen MR) is 142 cm³/mol. The maximum absolute atomic E-state index is 10.1. The fraction of sp³-hybridized carbons (Fsp3) is 0.148. The number of hydrogen-bond acceptors (Lipinski definition) is 8. The second-order valence-corrected chi connectivity index (χ2v) is 8.86. The van der Waals surface area contributed by atoms with E-state index in [1.807, 2.05) is 55.5 Å². The van der Waals surface area contributed by atoms with Gasteiger partial charge in [-0.25, -0.2) is 0 Å². The number of rotatable bonds is 8. The Labute approximate surface area is 218 Å². The van der Waals surface area contributed by atoms with Crippen LogP contribution in [0.1, 0.15) is 40.2 Å². The van der Waals surface area contributed by atoms with Crippen molar-refractivity contribution >= 4 is 33.9 Å². The number of nitrogens with one attached hydrogen (secondary N) is 3. The number of fused-ring (bicyclic) bond motifs is 1. The van der Waals surface area contributed by atoms with Gasteiger partial charge in [0, 0.05) is 40.9 Å². The fourth-order valence-corrected chi connectivity index (χ4v) is 4.58. The highest BCUT2D eigenvalue weighted by atomic mass is 35.5. The smallest absolute Gasteiger partial charge is 0.109 e. The highest BCUT2D eigenvalue weighted by Crippen LogP contribution is 2.37. The number of H-pyrrole nitrogens is 1. The molecule has 0 aliphatic heterocycles. The van der Waals surface area contributed by atoms with Crippen LogP contribution in [0.15, 0.2) is 73.2 Å². The van der Waals surface area contributed by atoms with Gasteiger partial charge >= 0.3 is 0 Å². The van der Waals surface area contributed by atoms with Crippen LogP contribution in [-0.2, 0) is 0 Å². The summed E-state index contributed by atoms with van der Waals surface area (Å²) in [4.78, 5) is 8.86. The molecule has 5 aromatic rings. The van der Waals surface area contributed by atoms with E-state index in [1.54, 1.807) is 18.5 Å². The van der Waals surface area contributed by atoms with Gasteiger partial charge in [-0.15, -0.1) is 5.10 Å². The molecule has 0 aliphatic rings. The summed E-state index contributed by atoms with van der Waals surface area (Å²) in [7, 11) is 0. The molecule has 0 saturated carbocycles. The number of anilines is 2. The second-order valence-electron chi connectivity index (χ2n) is 8.46. The van der Waals surface area contributed by atoms with Gasteiger partial charge in [-0.1, -0.05) is 53.2 Å². The second kappa shape index (κ2) is 10.6. The van der Waals surface area contributed by atoms with Gasteiger partial charge in [0.05, 0.1) is 40.5 Å². The number of aryl methyl sites for hydroxylation is 1. The number of hydrogen-bond donors (Lipinski definition) is 4. The molecule has 2 atom stereocenters. The molecule has 0 spiro atoms. The molecule has 0 unspecified atom stereocenters. The lowest BCUT2D eigenvalue weighted by Gasteiger charge is -2.22. The van der Waals surface area contributed by atoms with E-state index in [0.29, 0.717) is 38.6 Å².